The first-order chi connectivity index (χ1) is 14.9. The highest BCUT2D eigenvalue weighted by atomic mass is 32.2. The molecule has 1 N–H and O–H groups in total. The van der Waals surface area contributed by atoms with Crippen LogP contribution in [-0.4, -0.2) is 63.9 Å². The molecule has 1 fully saturated rings. The average Bonchev–Trinajstić information content (AvgIpc) is 2.79. The number of methoxy groups -OCH3 is 2. The van der Waals surface area contributed by atoms with E-state index in [2.05, 4.69) is 10.2 Å². The maximum atomic E-state index is 13.0. The Morgan fingerprint density at radius 2 is 1.68 bits per heavy atom. The van der Waals surface area contributed by atoms with Crippen molar-refractivity contribution in [3.63, 3.8) is 0 Å². The molecule has 1 amide bonds. The Hall–Kier alpha value is -2.62. The second-order valence-electron chi connectivity index (χ2n) is 7.28. The van der Waals surface area contributed by atoms with E-state index in [9.17, 15) is 13.2 Å². The third-order valence-corrected chi connectivity index (χ3v) is 7.22. The standard InChI is InChI=1S/C22H29N3O5S/c1-4-22(26)23-18-5-8-20(9-6-18)31(27,28)25-13-11-24(12-14-25)16-17-15-19(29-2)7-10-21(17)30-3/h5-10,15H,4,11-14,16H2,1-3H3,(H,23,26). The summed E-state index contributed by atoms with van der Waals surface area (Å²) < 4.78 is 38.3. The number of piperazine rings is 1. The third-order valence-electron chi connectivity index (χ3n) is 5.31. The number of amides is 1. The maximum Gasteiger partial charge on any atom is 0.243 e. The number of anilines is 1. The lowest BCUT2D eigenvalue weighted by molar-refractivity contribution is -0.115. The van der Waals surface area contributed by atoms with Crippen molar-refractivity contribution in [2.24, 2.45) is 0 Å². The topological polar surface area (TPSA) is 88.2 Å². The highest BCUT2D eigenvalue weighted by molar-refractivity contribution is 7.89. The SMILES string of the molecule is CCC(=O)Nc1ccc(S(=O)(=O)N2CCN(Cc3cc(OC)ccc3OC)CC2)cc1. The summed E-state index contributed by atoms with van der Waals surface area (Å²) in [6, 6.07) is 12.0. The number of carbonyl (C=O) groups is 1. The number of hydrogen-bond acceptors (Lipinski definition) is 6. The Kier molecular flexibility index (Phi) is 7.53. The Labute approximate surface area is 183 Å². The minimum atomic E-state index is -3.58. The van der Waals surface area contributed by atoms with Gasteiger partial charge in [0.1, 0.15) is 11.5 Å². The number of nitrogens with zero attached hydrogens (tertiary/aromatic N) is 2. The molecule has 0 unspecified atom stereocenters. The highest BCUT2D eigenvalue weighted by Crippen LogP contribution is 2.26. The predicted molar refractivity (Wildman–Crippen MR) is 119 cm³/mol. The van der Waals surface area contributed by atoms with Crippen molar-refractivity contribution in [3.8, 4) is 11.5 Å². The van der Waals surface area contributed by atoms with Gasteiger partial charge in [0.2, 0.25) is 15.9 Å². The summed E-state index contributed by atoms with van der Waals surface area (Å²) in [5.41, 5.74) is 1.59. The number of carbonyl (C=O) groups excluding carboxylic acids is 1. The zero-order valence-electron chi connectivity index (χ0n) is 18.1. The van der Waals surface area contributed by atoms with Crippen molar-refractivity contribution in [3.05, 3.63) is 48.0 Å². The molecule has 8 nitrogen and oxygen atoms in total. The van der Waals surface area contributed by atoms with Crippen molar-refractivity contribution in [1.29, 1.82) is 0 Å². The van der Waals surface area contributed by atoms with Crippen LogP contribution in [-0.2, 0) is 21.4 Å². The first-order valence-electron chi connectivity index (χ1n) is 10.2. The quantitative estimate of drug-likeness (QED) is 0.669. The second kappa shape index (κ2) is 10.1. The molecule has 0 bridgehead atoms. The lowest BCUT2D eigenvalue weighted by Gasteiger charge is -2.34. The minimum absolute atomic E-state index is 0.112. The molecular formula is C22H29N3O5S. The highest BCUT2D eigenvalue weighted by Gasteiger charge is 2.28. The number of sulfonamides is 1. The summed E-state index contributed by atoms with van der Waals surface area (Å²) in [4.78, 5) is 13.9. The summed E-state index contributed by atoms with van der Waals surface area (Å²) in [7, 11) is -0.325. The van der Waals surface area contributed by atoms with Gasteiger partial charge in [-0.05, 0) is 42.5 Å². The molecule has 0 aromatic heterocycles. The number of nitrogens with one attached hydrogen (secondary N) is 1. The summed E-state index contributed by atoms with van der Waals surface area (Å²) in [6.07, 6.45) is 0.367. The van der Waals surface area contributed by atoms with Gasteiger partial charge in [-0.25, -0.2) is 8.42 Å². The van der Waals surface area contributed by atoms with Gasteiger partial charge in [-0.2, -0.15) is 4.31 Å². The fraction of sp³-hybridized carbons (Fsp3) is 0.409. The molecule has 0 radical (unpaired) electrons. The molecule has 9 heteroatoms. The molecule has 0 atom stereocenters. The van der Waals surface area contributed by atoms with Crippen LogP contribution in [0.15, 0.2) is 47.4 Å². The van der Waals surface area contributed by atoms with Crippen molar-refractivity contribution in [2.75, 3.05) is 45.7 Å². The molecule has 1 aliphatic heterocycles. The minimum Gasteiger partial charge on any atom is -0.497 e. The lowest BCUT2D eigenvalue weighted by Crippen LogP contribution is -2.48. The van der Waals surface area contributed by atoms with Crippen LogP contribution in [0.3, 0.4) is 0 Å². The van der Waals surface area contributed by atoms with Gasteiger partial charge in [0.25, 0.3) is 0 Å². The molecule has 31 heavy (non-hydrogen) atoms. The summed E-state index contributed by atoms with van der Waals surface area (Å²) in [5, 5.41) is 2.72. The van der Waals surface area contributed by atoms with Crippen molar-refractivity contribution in [1.82, 2.24) is 9.21 Å². The van der Waals surface area contributed by atoms with Gasteiger partial charge in [0.05, 0.1) is 19.1 Å². The largest absolute Gasteiger partial charge is 0.497 e. The zero-order valence-corrected chi connectivity index (χ0v) is 18.9. The maximum absolute atomic E-state index is 13.0. The molecule has 0 saturated carbocycles. The Bertz CT molecular complexity index is 1000. The van der Waals surface area contributed by atoms with Gasteiger partial charge >= 0.3 is 0 Å². The molecule has 2 aromatic rings. The van der Waals surface area contributed by atoms with Crippen molar-refractivity contribution < 1.29 is 22.7 Å². The number of hydrogen-bond donors (Lipinski definition) is 1. The van der Waals surface area contributed by atoms with Gasteiger partial charge in [-0.1, -0.05) is 6.92 Å². The van der Waals surface area contributed by atoms with Crippen LogP contribution < -0.4 is 14.8 Å². The predicted octanol–water partition coefficient (Wildman–Crippen LogP) is 2.56. The van der Waals surface area contributed by atoms with Gasteiger partial charge in [-0.3, -0.25) is 9.69 Å². The fourth-order valence-corrected chi connectivity index (χ4v) is 4.91. The number of rotatable bonds is 8. The van der Waals surface area contributed by atoms with E-state index in [1.165, 1.54) is 16.4 Å². The Morgan fingerprint density at radius 3 is 2.26 bits per heavy atom. The lowest BCUT2D eigenvalue weighted by atomic mass is 10.1. The normalized spacial score (nSPS) is 15.5. The molecule has 168 valence electrons. The smallest absolute Gasteiger partial charge is 0.243 e. The second-order valence-corrected chi connectivity index (χ2v) is 9.22. The van der Waals surface area contributed by atoms with Crippen LogP contribution in [0.2, 0.25) is 0 Å². The molecule has 1 aliphatic rings. The van der Waals surface area contributed by atoms with Crippen LogP contribution in [0.1, 0.15) is 18.9 Å². The fourth-order valence-electron chi connectivity index (χ4n) is 3.48. The first kappa shape index (κ1) is 23.1. The summed E-state index contributed by atoms with van der Waals surface area (Å²) in [5.74, 6) is 1.43. The first-order valence-corrected chi connectivity index (χ1v) is 11.6. The number of benzene rings is 2. The Morgan fingerprint density at radius 1 is 1.00 bits per heavy atom. The average molecular weight is 448 g/mol. The van der Waals surface area contributed by atoms with Crippen LogP contribution in [0, 0.1) is 0 Å². The van der Waals surface area contributed by atoms with Gasteiger partial charge in [0.15, 0.2) is 0 Å². The molecular weight excluding hydrogens is 418 g/mol. The van der Waals surface area contributed by atoms with Crippen LogP contribution in [0.25, 0.3) is 0 Å². The van der Waals surface area contributed by atoms with Gasteiger partial charge in [0, 0.05) is 50.4 Å². The molecule has 1 saturated heterocycles. The molecule has 1 heterocycles. The zero-order chi connectivity index (χ0) is 22.4. The van der Waals surface area contributed by atoms with E-state index in [1.807, 2.05) is 18.2 Å². The molecule has 2 aromatic carbocycles. The van der Waals surface area contributed by atoms with Gasteiger partial charge < -0.3 is 14.8 Å². The van der Waals surface area contributed by atoms with E-state index >= 15 is 0 Å². The molecule has 3 rings (SSSR count). The summed E-state index contributed by atoms with van der Waals surface area (Å²) >= 11 is 0. The van der Waals surface area contributed by atoms with Crippen LogP contribution in [0.4, 0.5) is 5.69 Å². The van der Waals surface area contributed by atoms with E-state index in [1.54, 1.807) is 33.3 Å². The van der Waals surface area contributed by atoms with Crippen LogP contribution >= 0.6 is 0 Å². The summed E-state index contributed by atoms with van der Waals surface area (Å²) in [6.45, 7) is 4.46. The van der Waals surface area contributed by atoms with E-state index < -0.39 is 10.0 Å². The molecule has 0 spiro atoms. The molecule has 0 aliphatic carbocycles. The van der Waals surface area contributed by atoms with E-state index in [4.69, 9.17) is 9.47 Å². The third kappa shape index (κ3) is 5.55. The monoisotopic (exact) mass is 447 g/mol. The van der Waals surface area contributed by atoms with E-state index in [0.717, 1.165) is 17.1 Å². The van der Waals surface area contributed by atoms with E-state index in [-0.39, 0.29) is 10.8 Å². The number of ether oxygens (including phenoxy) is 2. The van der Waals surface area contributed by atoms with E-state index in [0.29, 0.717) is 44.8 Å². The van der Waals surface area contributed by atoms with Gasteiger partial charge in [-0.15, -0.1) is 0 Å². The van der Waals surface area contributed by atoms with Crippen molar-refractivity contribution in [2.45, 2.75) is 24.8 Å². The van der Waals surface area contributed by atoms with Crippen LogP contribution in [0.5, 0.6) is 11.5 Å². The Balaban J connectivity index is 1.63. The van der Waals surface area contributed by atoms with Crippen molar-refractivity contribution >= 4 is 21.6 Å².